The summed E-state index contributed by atoms with van der Waals surface area (Å²) in [6, 6.07) is 10.6. The van der Waals surface area contributed by atoms with Crippen LogP contribution in [-0.4, -0.2) is 31.7 Å². The summed E-state index contributed by atoms with van der Waals surface area (Å²) < 4.78 is 3.98. The van der Waals surface area contributed by atoms with Crippen molar-refractivity contribution in [1.82, 2.24) is 19.2 Å². The summed E-state index contributed by atoms with van der Waals surface area (Å²) >= 11 is 0. The average molecular weight is 322 g/mol. The van der Waals surface area contributed by atoms with Gasteiger partial charge in [0, 0.05) is 50.0 Å². The van der Waals surface area contributed by atoms with Gasteiger partial charge in [-0.3, -0.25) is 9.48 Å². The van der Waals surface area contributed by atoms with Gasteiger partial charge in [-0.05, 0) is 30.4 Å². The molecule has 0 N–H and O–H groups in total. The molecule has 3 aromatic rings. The lowest BCUT2D eigenvalue weighted by molar-refractivity contribution is -0.132. The smallest absolute Gasteiger partial charge is 0.224 e. The fraction of sp³-hybridized carbons (Fsp3) is 0.368. The Balaban J connectivity index is 1.45. The third-order valence-electron chi connectivity index (χ3n) is 4.93. The molecule has 5 heteroatoms. The molecule has 1 atom stereocenters. The second kappa shape index (κ2) is 6.15. The molecule has 0 spiro atoms. The van der Waals surface area contributed by atoms with Gasteiger partial charge in [-0.2, -0.15) is 5.10 Å². The summed E-state index contributed by atoms with van der Waals surface area (Å²) in [5, 5.41) is 5.47. The first-order valence-corrected chi connectivity index (χ1v) is 8.54. The zero-order valence-electron chi connectivity index (χ0n) is 13.9. The van der Waals surface area contributed by atoms with Gasteiger partial charge in [0.15, 0.2) is 0 Å². The highest BCUT2D eigenvalue weighted by Gasteiger charge is 2.30. The van der Waals surface area contributed by atoms with Crippen LogP contribution in [0.3, 0.4) is 0 Å². The number of fused-ring (bicyclic) bond motifs is 1. The van der Waals surface area contributed by atoms with E-state index in [1.807, 2.05) is 41.2 Å². The highest BCUT2D eigenvalue weighted by atomic mass is 16.2. The van der Waals surface area contributed by atoms with E-state index < -0.39 is 0 Å². The number of benzene rings is 1. The second-order valence-corrected chi connectivity index (χ2v) is 6.51. The number of carbonyl (C=O) groups is 1. The van der Waals surface area contributed by atoms with Crippen LogP contribution < -0.4 is 0 Å². The molecule has 4 rings (SSSR count). The van der Waals surface area contributed by atoms with Gasteiger partial charge in [-0.15, -0.1) is 0 Å². The van der Waals surface area contributed by atoms with E-state index in [1.165, 1.54) is 10.9 Å². The molecule has 3 heterocycles. The fourth-order valence-corrected chi connectivity index (χ4v) is 3.72. The zero-order valence-corrected chi connectivity index (χ0v) is 13.9. The Morgan fingerprint density at radius 2 is 2.17 bits per heavy atom. The van der Waals surface area contributed by atoms with Crippen molar-refractivity contribution >= 4 is 16.8 Å². The average Bonchev–Trinajstić information content (AvgIpc) is 3.31. The number of hydrogen-bond acceptors (Lipinski definition) is 2. The first-order chi connectivity index (χ1) is 11.7. The second-order valence-electron chi connectivity index (χ2n) is 6.51. The number of aryl methyl sites for hydroxylation is 2. The SMILES string of the molecule is Cn1cc(C2CCCN2C(=O)CCn2ccc3ccccc32)cn1. The Bertz CT molecular complexity index is 863. The monoisotopic (exact) mass is 322 g/mol. The highest BCUT2D eigenvalue weighted by Crippen LogP contribution is 2.32. The summed E-state index contributed by atoms with van der Waals surface area (Å²) in [7, 11) is 1.92. The van der Waals surface area contributed by atoms with E-state index in [4.69, 9.17) is 0 Å². The van der Waals surface area contributed by atoms with Crippen molar-refractivity contribution in [2.75, 3.05) is 6.54 Å². The molecule has 24 heavy (non-hydrogen) atoms. The van der Waals surface area contributed by atoms with Gasteiger partial charge in [-0.1, -0.05) is 18.2 Å². The van der Waals surface area contributed by atoms with E-state index in [9.17, 15) is 4.79 Å². The predicted molar refractivity (Wildman–Crippen MR) is 93.5 cm³/mol. The molecule has 1 fully saturated rings. The number of rotatable bonds is 4. The summed E-state index contributed by atoms with van der Waals surface area (Å²) in [5.41, 5.74) is 2.34. The maximum Gasteiger partial charge on any atom is 0.224 e. The fourth-order valence-electron chi connectivity index (χ4n) is 3.72. The molecule has 1 aliphatic heterocycles. The first-order valence-electron chi connectivity index (χ1n) is 8.54. The number of aromatic nitrogens is 3. The number of hydrogen-bond donors (Lipinski definition) is 0. The Kier molecular flexibility index (Phi) is 3.84. The summed E-state index contributed by atoms with van der Waals surface area (Å²) in [4.78, 5) is 14.8. The van der Waals surface area contributed by atoms with Gasteiger partial charge in [0.25, 0.3) is 0 Å². The molecule has 0 bridgehead atoms. The van der Waals surface area contributed by atoms with Crippen LogP contribution in [0.4, 0.5) is 0 Å². The van der Waals surface area contributed by atoms with Crippen LogP contribution in [0.25, 0.3) is 10.9 Å². The lowest BCUT2D eigenvalue weighted by Gasteiger charge is -2.24. The van der Waals surface area contributed by atoms with E-state index in [0.29, 0.717) is 6.42 Å². The number of likely N-dealkylation sites (tertiary alicyclic amines) is 1. The molecule has 1 unspecified atom stereocenters. The van der Waals surface area contributed by atoms with Gasteiger partial charge in [-0.25, -0.2) is 0 Å². The Hall–Kier alpha value is -2.56. The standard InChI is InChI=1S/C19H22N4O/c1-21-14-16(13-20-21)18-7-4-10-23(18)19(24)9-12-22-11-8-15-5-2-3-6-17(15)22/h2-3,5-6,8,11,13-14,18H,4,7,9-10,12H2,1H3. The third-order valence-corrected chi connectivity index (χ3v) is 4.93. The maximum absolute atomic E-state index is 12.8. The molecule has 1 amide bonds. The first kappa shape index (κ1) is 15.0. The molecule has 1 aromatic carbocycles. The van der Waals surface area contributed by atoms with Crippen molar-refractivity contribution in [3.63, 3.8) is 0 Å². The minimum Gasteiger partial charge on any atom is -0.347 e. The van der Waals surface area contributed by atoms with Crippen molar-refractivity contribution in [3.8, 4) is 0 Å². The van der Waals surface area contributed by atoms with Gasteiger partial charge < -0.3 is 9.47 Å². The van der Waals surface area contributed by atoms with E-state index in [0.717, 1.165) is 31.5 Å². The predicted octanol–water partition coefficient (Wildman–Crippen LogP) is 3.13. The largest absolute Gasteiger partial charge is 0.347 e. The molecule has 0 aliphatic carbocycles. The van der Waals surface area contributed by atoms with Gasteiger partial charge in [0.05, 0.1) is 12.2 Å². The molecule has 2 aromatic heterocycles. The van der Waals surface area contributed by atoms with Crippen LogP contribution in [0.2, 0.25) is 0 Å². The van der Waals surface area contributed by atoms with Crippen molar-refractivity contribution < 1.29 is 4.79 Å². The van der Waals surface area contributed by atoms with Crippen LogP contribution in [-0.2, 0) is 18.4 Å². The number of nitrogens with zero attached hydrogens (tertiary/aromatic N) is 4. The van der Waals surface area contributed by atoms with Gasteiger partial charge >= 0.3 is 0 Å². The lowest BCUT2D eigenvalue weighted by Crippen LogP contribution is -2.31. The molecule has 5 nitrogen and oxygen atoms in total. The van der Waals surface area contributed by atoms with Crippen molar-refractivity contribution in [1.29, 1.82) is 0 Å². The molecule has 124 valence electrons. The van der Waals surface area contributed by atoms with E-state index in [1.54, 1.807) is 0 Å². The quantitative estimate of drug-likeness (QED) is 0.740. The highest BCUT2D eigenvalue weighted by molar-refractivity contribution is 5.81. The molecule has 0 saturated carbocycles. The van der Waals surface area contributed by atoms with E-state index >= 15 is 0 Å². The van der Waals surface area contributed by atoms with E-state index in [-0.39, 0.29) is 11.9 Å². The maximum atomic E-state index is 12.8. The summed E-state index contributed by atoms with van der Waals surface area (Å²) in [6.07, 6.45) is 8.61. The molecular formula is C19H22N4O. The topological polar surface area (TPSA) is 43.1 Å². The van der Waals surface area contributed by atoms with E-state index in [2.05, 4.69) is 34.1 Å². The minimum atomic E-state index is 0.188. The Labute approximate surface area is 141 Å². The third kappa shape index (κ3) is 2.70. The van der Waals surface area contributed by atoms with Crippen LogP contribution in [0, 0.1) is 0 Å². The van der Waals surface area contributed by atoms with Crippen LogP contribution >= 0.6 is 0 Å². The molecule has 1 saturated heterocycles. The van der Waals surface area contributed by atoms with Gasteiger partial charge in [0.2, 0.25) is 5.91 Å². The molecule has 0 radical (unpaired) electrons. The summed E-state index contributed by atoms with van der Waals surface area (Å²) in [6.45, 7) is 1.58. The number of amides is 1. The summed E-state index contributed by atoms with van der Waals surface area (Å²) in [5.74, 6) is 0.235. The number of para-hydroxylation sites is 1. The molecule has 1 aliphatic rings. The van der Waals surface area contributed by atoms with Crippen molar-refractivity contribution in [2.24, 2.45) is 7.05 Å². The Morgan fingerprint density at radius 3 is 3.00 bits per heavy atom. The lowest BCUT2D eigenvalue weighted by atomic mass is 10.1. The van der Waals surface area contributed by atoms with Gasteiger partial charge in [0.1, 0.15) is 0 Å². The number of carbonyl (C=O) groups excluding carboxylic acids is 1. The van der Waals surface area contributed by atoms with Crippen LogP contribution in [0.15, 0.2) is 48.9 Å². The van der Waals surface area contributed by atoms with Crippen molar-refractivity contribution in [3.05, 3.63) is 54.5 Å². The van der Waals surface area contributed by atoms with Crippen molar-refractivity contribution in [2.45, 2.75) is 31.8 Å². The normalized spacial score (nSPS) is 17.7. The van der Waals surface area contributed by atoms with Crippen LogP contribution in [0.5, 0.6) is 0 Å². The molecular weight excluding hydrogens is 300 g/mol. The Morgan fingerprint density at radius 1 is 1.29 bits per heavy atom. The zero-order chi connectivity index (χ0) is 16.5. The minimum absolute atomic E-state index is 0.188. The van der Waals surface area contributed by atoms with Crippen LogP contribution in [0.1, 0.15) is 30.9 Å².